The summed E-state index contributed by atoms with van der Waals surface area (Å²) in [7, 11) is 1.61. The summed E-state index contributed by atoms with van der Waals surface area (Å²) in [5.74, 6) is 1.46. The molecule has 2 rings (SSSR count). The molecular weight excluding hydrogens is 344 g/mol. The summed E-state index contributed by atoms with van der Waals surface area (Å²) in [6.45, 7) is 4.48. The van der Waals surface area contributed by atoms with Gasteiger partial charge in [-0.05, 0) is 42.9 Å². The van der Waals surface area contributed by atoms with Crippen molar-refractivity contribution in [1.82, 2.24) is 5.32 Å². The smallest absolute Gasteiger partial charge is 0.237 e. The summed E-state index contributed by atoms with van der Waals surface area (Å²) in [5, 5.41) is 2.91. The molecule has 1 atom stereocenters. The Balaban J connectivity index is 0.00000312. The average Bonchev–Trinajstić information content (AvgIpc) is 2.64. The van der Waals surface area contributed by atoms with Crippen LogP contribution in [0.3, 0.4) is 0 Å². The van der Waals surface area contributed by atoms with Crippen LogP contribution in [0.25, 0.3) is 0 Å². The summed E-state index contributed by atoms with van der Waals surface area (Å²) in [5.41, 5.74) is 7.03. The summed E-state index contributed by atoms with van der Waals surface area (Å²) < 4.78 is 16.3. The standard InChI is InChI=1S/C18H28N2O4.ClH/c1-3-8-24-15-5-4-13(11-16(15)22-2)12-20-18(21)17(19)14-6-9-23-10-7-14;/h4-5,11,14,17H,3,6-10,12,19H2,1-2H3,(H,20,21);1H. The largest absolute Gasteiger partial charge is 0.493 e. The van der Waals surface area contributed by atoms with Crippen LogP contribution < -0.4 is 20.5 Å². The van der Waals surface area contributed by atoms with E-state index in [4.69, 9.17) is 19.9 Å². The predicted molar refractivity (Wildman–Crippen MR) is 99.4 cm³/mol. The zero-order chi connectivity index (χ0) is 17.4. The zero-order valence-electron chi connectivity index (χ0n) is 15.0. The normalized spacial score (nSPS) is 15.8. The number of carbonyl (C=O) groups is 1. The number of methoxy groups -OCH3 is 1. The molecule has 3 N–H and O–H groups in total. The van der Waals surface area contributed by atoms with Gasteiger partial charge < -0.3 is 25.3 Å². The van der Waals surface area contributed by atoms with Gasteiger partial charge in [0.05, 0.1) is 19.8 Å². The fourth-order valence-electron chi connectivity index (χ4n) is 2.75. The van der Waals surface area contributed by atoms with Crippen molar-refractivity contribution in [2.75, 3.05) is 26.9 Å². The molecule has 7 heteroatoms. The van der Waals surface area contributed by atoms with Crippen LogP contribution in [-0.4, -0.2) is 38.9 Å². The highest BCUT2D eigenvalue weighted by molar-refractivity contribution is 5.85. The van der Waals surface area contributed by atoms with Gasteiger partial charge in [-0.15, -0.1) is 12.4 Å². The molecule has 0 saturated carbocycles. The second kappa shape index (κ2) is 11.2. The van der Waals surface area contributed by atoms with E-state index in [1.807, 2.05) is 18.2 Å². The number of halogens is 1. The van der Waals surface area contributed by atoms with E-state index in [2.05, 4.69) is 12.2 Å². The molecule has 1 aliphatic rings. The third kappa shape index (κ3) is 6.38. The Hall–Kier alpha value is -1.50. The molecule has 1 aliphatic heterocycles. The van der Waals surface area contributed by atoms with E-state index in [-0.39, 0.29) is 24.2 Å². The molecule has 1 amide bonds. The van der Waals surface area contributed by atoms with Crippen LogP contribution in [0.5, 0.6) is 11.5 Å². The van der Waals surface area contributed by atoms with Gasteiger partial charge in [-0.1, -0.05) is 13.0 Å². The zero-order valence-corrected chi connectivity index (χ0v) is 15.8. The Labute approximate surface area is 155 Å². The minimum absolute atomic E-state index is 0. The molecule has 0 radical (unpaired) electrons. The first kappa shape index (κ1) is 21.5. The quantitative estimate of drug-likeness (QED) is 0.731. The van der Waals surface area contributed by atoms with Gasteiger partial charge in [0.15, 0.2) is 11.5 Å². The Morgan fingerprint density at radius 2 is 2.08 bits per heavy atom. The predicted octanol–water partition coefficient (Wildman–Crippen LogP) is 2.28. The number of hydrogen-bond acceptors (Lipinski definition) is 5. The Morgan fingerprint density at radius 3 is 2.72 bits per heavy atom. The lowest BCUT2D eigenvalue weighted by atomic mass is 9.92. The fourth-order valence-corrected chi connectivity index (χ4v) is 2.75. The first-order chi connectivity index (χ1) is 11.7. The second-order valence-electron chi connectivity index (χ2n) is 6.03. The van der Waals surface area contributed by atoms with Crippen molar-refractivity contribution in [3.8, 4) is 11.5 Å². The summed E-state index contributed by atoms with van der Waals surface area (Å²) in [6.07, 6.45) is 2.61. The van der Waals surface area contributed by atoms with Crippen LogP contribution in [0.15, 0.2) is 18.2 Å². The van der Waals surface area contributed by atoms with Crippen molar-refractivity contribution in [3.63, 3.8) is 0 Å². The number of carbonyl (C=O) groups excluding carboxylic acids is 1. The topological polar surface area (TPSA) is 82.8 Å². The molecule has 0 bridgehead atoms. The van der Waals surface area contributed by atoms with Gasteiger partial charge in [-0.25, -0.2) is 0 Å². The Bertz CT molecular complexity index is 536. The van der Waals surface area contributed by atoms with E-state index in [1.54, 1.807) is 7.11 Å². The van der Waals surface area contributed by atoms with Crippen molar-refractivity contribution in [2.45, 2.75) is 38.8 Å². The first-order valence-electron chi connectivity index (χ1n) is 8.56. The maximum absolute atomic E-state index is 12.2. The molecule has 1 aromatic rings. The first-order valence-corrected chi connectivity index (χ1v) is 8.56. The number of benzene rings is 1. The molecule has 0 aliphatic carbocycles. The van der Waals surface area contributed by atoms with E-state index in [9.17, 15) is 4.79 Å². The van der Waals surface area contributed by atoms with Crippen LogP contribution >= 0.6 is 12.4 Å². The highest BCUT2D eigenvalue weighted by atomic mass is 35.5. The van der Waals surface area contributed by atoms with Crippen molar-refractivity contribution < 1.29 is 19.0 Å². The summed E-state index contributed by atoms with van der Waals surface area (Å²) in [6, 6.07) is 5.19. The van der Waals surface area contributed by atoms with Gasteiger partial charge in [-0.2, -0.15) is 0 Å². The number of nitrogens with two attached hydrogens (primary N) is 1. The minimum Gasteiger partial charge on any atom is -0.493 e. The lowest BCUT2D eigenvalue weighted by Gasteiger charge is -2.26. The molecule has 1 unspecified atom stereocenters. The summed E-state index contributed by atoms with van der Waals surface area (Å²) in [4.78, 5) is 12.2. The van der Waals surface area contributed by atoms with E-state index in [0.29, 0.717) is 37.9 Å². The van der Waals surface area contributed by atoms with Crippen molar-refractivity contribution in [3.05, 3.63) is 23.8 Å². The van der Waals surface area contributed by atoms with Crippen LogP contribution in [0.2, 0.25) is 0 Å². The van der Waals surface area contributed by atoms with Crippen LogP contribution in [0.1, 0.15) is 31.7 Å². The van der Waals surface area contributed by atoms with E-state index in [1.165, 1.54) is 0 Å². The van der Waals surface area contributed by atoms with Gasteiger partial charge in [0.25, 0.3) is 0 Å². The van der Waals surface area contributed by atoms with E-state index in [0.717, 1.165) is 24.8 Å². The molecule has 1 saturated heterocycles. The number of nitrogens with one attached hydrogen (secondary N) is 1. The lowest BCUT2D eigenvalue weighted by Crippen LogP contribution is -2.46. The molecule has 1 heterocycles. The third-order valence-corrected chi connectivity index (χ3v) is 4.23. The van der Waals surface area contributed by atoms with E-state index < -0.39 is 6.04 Å². The molecule has 0 spiro atoms. The Morgan fingerprint density at radius 1 is 1.36 bits per heavy atom. The maximum atomic E-state index is 12.2. The average molecular weight is 373 g/mol. The monoisotopic (exact) mass is 372 g/mol. The second-order valence-corrected chi connectivity index (χ2v) is 6.03. The van der Waals surface area contributed by atoms with Crippen LogP contribution in [-0.2, 0) is 16.1 Å². The van der Waals surface area contributed by atoms with Gasteiger partial charge >= 0.3 is 0 Å². The van der Waals surface area contributed by atoms with Gasteiger partial charge in [0.2, 0.25) is 5.91 Å². The van der Waals surface area contributed by atoms with E-state index >= 15 is 0 Å². The Kier molecular flexibility index (Phi) is 9.63. The minimum atomic E-state index is -0.483. The fraction of sp³-hybridized carbons (Fsp3) is 0.611. The molecule has 1 aromatic carbocycles. The van der Waals surface area contributed by atoms with Crippen LogP contribution in [0.4, 0.5) is 0 Å². The molecule has 25 heavy (non-hydrogen) atoms. The highest BCUT2D eigenvalue weighted by Crippen LogP contribution is 2.28. The molecule has 6 nitrogen and oxygen atoms in total. The van der Waals surface area contributed by atoms with Gasteiger partial charge in [0, 0.05) is 19.8 Å². The highest BCUT2D eigenvalue weighted by Gasteiger charge is 2.26. The number of hydrogen-bond donors (Lipinski definition) is 2. The molecule has 142 valence electrons. The lowest BCUT2D eigenvalue weighted by molar-refractivity contribution is -0.124. The third-order valence-electron chi connectivity index (χ3n) is 4.23. The van der Waals surface area contributed by atoms with Crippen molar-refractivity contribution in [2.24, 2.45) is 11.7 Å². The maximum Gasteiger partial charge on any atom is 0.237 e. The van der Waals surface area contributed by atoms with Crippen molar-refractivity contribution in [1.29, 1.82) is 0 Å². The number of amides is 1. The SMILES string of the molecule is CCCOc1ccc(CNC(=O)C(N)C2CCOCC2)cc1OC.Cl. The molecule has 0 aromatic heterocycles. The van der Waals surface area contributed by atoms with Crippen molar-refractivity contribution >= 4 is 18.3 Å². The molecule has 1 fully saturated rings. The van der Waals surface area contributed by atoms with Gasteiger partial charge in [-0.3, -0.25) is 4.79 Å². The van der Waals surface area contributed by atoms with Crippen LogP contribution in [0, 0.1) is 5.92 Å². The number of ether oxygens (including phenoxy) is 3. The molecular formula is C18H29ClN2O4. The summed E-state index contributed by atoms with van der Waals surface area (Å²) >= 11 is 0. The number of rotatable bonds is 8. The van der Waals surface area contributed by atoms with Gasteiger partial charge in [0.1, 0.15) is 0 Å².